The van der Waals surface area contributed by atoms with Crippen LogP contribution >= 0.6 is 11.6 Å². The van der Waals surface area contributed by atoms with Gasteiger partial charge in [-0.1, -0.05) is 29.8 Å². The minimum absolute atomic E-state index is 0.0582. The lowest BCUT2D eigenvalue weighted by atomic mass is 10.1. The summed E-state index contributed by atoms with van der Waals surface area (Å²) in [5.41, 5.74) is 2.40. The maximum absolute atomic E-state index is 9.53. The predicted octanol–water partition coefficient (Wildman–Crippen LogP) is 3.39. The Bertz CT molecular complexity index is 591. The van der Waals surface area contributed by atoms with Gasteiger partial charge in [0.1, 0.15) is 0 Å². The van der Waals surface area contributed by atoms with Crippen LogP contribution in [0.1, 0.15) is 31.2 Å². The summed E-state index contributed by atoms with van der Waals surface area (Å²) in [4.78, 5) is 0. The van der Waals surface area contributed by atoms with Gasteiger partial charge in [0.25, 0.3) is 0 Å². The van der Waals surface area contributed by atoms with Crippen molar-refractivity contribution in [3.8, 4) is 11.3 Å². The first kappa shape index (κ1) is 13.6. The van der Waals surface area contributed by atoms with Crippen molar-refractivity contribution in [2.24, 2.45) is 0 Å². The van der Waals surface area contributed by atoms with Crippen molar-refractivity contribution in [2.75, 3.05) is 6.61 Å². The lowest BCUT2D eigenvalue weighted by molar-refractivity contribution is -0.0425. The van der Waals surface area contributed by atoms with Crippen LogP contribution in [0.15, 0.2) is 30.3 Å². The van der Waals surface area contributed by atoms with Gasteiger partial charge in [0.05, 0.1) is 23.0 Å². The number of rotatable bonds is 3. The number of aromatic nitrogens is 2. The molecule has 3 rings (SSSR count). The zero-order valence-corrected chi connectivity index (χ0v) is 11.9. The number of ether oxygens (including phenoxy) is 1. The first-order valence-corrected chi connectivity index (χ1v) is 7.23. The van der Waals surface area contributed by atoms with Crippen LogP contribution in [-0.4, -0.2) is 21.5 Å². The molecule has 0 bridgehead atoms. The molecule has 1 atom stereocenters. The van der Waals surface area contributed by atoms with Gasteiger partial charge in [-0.05, 0) is 31.4 Å². The second-order valence-electron chi connectivity index (χ2n) is 4.92. The van der Waals surface area contributed by atoms with E-state index in [0.717, 1.165) is 42.8 Å². The molecule has 1 aromatic heterocycles. The fourth-order valence-corrected chi connectivity index (χ4v) is 2.75. The number of halogens is 1. The van der Waals surface area contributed by atoms with Crippen LogP contribution < -0.4 is 0 Å². The molecule has 0 radical (unpaired) electrons. The Balaban J connectivity index is 1.98. The number of benzene rings is 1. The molecular weight excluding hydrogens is 276 g/mol. The van der Waals surface area contributed by atoms with E-state index in [9.17, 15) is 5.11 Å². The van der Waals surface area contributed by atoms with E-state index >= 15 is 0 Å². The number of hydrogen-bond donors (Lipinski definition) is 1. The van der Waals surface area contributed by atoms with E-state index in [0.29, 0.717) is 5.02 Å². The third-order valence-corrected chi connectivity index (χ3v) is 3.88. The average molecular weight is 293 g/mol. The van der Waals surface area contributed by atoms with Gasteiger partial charge >= 0.3 is 0 Å². The Hall–Kier alpha value is -1.36. The van der Waals surface area contributed by atoms with Crippen molar-refractivity contribution in [2.45, 2.75) is 32.1 Å². The topological polar surface area (TPSA) is 47.3 Å². The van der Waals surface area contributed by atoms with Crippen LogP contribution in [0.4, 0.5) is 0 Å². The number of aliphatic hydroxyl groups is 1. The largest absolute Gasteiger partial charge is 0.390 e. The fraction of sp³-hybridized carbons (Fsp3) is 0.400. The molecule has 1 N–H and O–H groups in total. The molecule has 1 aromatic carbocycles. The van der Waals surface area contributed by atoms with Crippen LogP contribution in [0.5, 0.6) is 0 Å². The molecule has 5 heteroatoms. The molecule has 0 amide bonds. The number of nitrogens with zero attached hydrogens (tertiary/aromatic N) is 2. The Morgan fingerprint density at radius 1 is 1.35 bits per heavy atom. The zero-order valence-electron chi connectivity index (χ0n) is 11.1. The maximum Gasteiger partial charge on any atom is 0.150 e. The van der Waals surface area contributed by atoms with Crippen molar-refractivity contribution in [3.05, 3.63) is 41.0 Å². The molecule has 0 aliphatic carbocycles. The first-order valence-electron chi connectivity index (χ1n) is 6.85. The minimum atomic E-state index is -0.0814. The van der Waals surface area contributed by atoms with Gasteiger partial charge in [0.15, 0.2) is 6.23 Å². The van der Waals surface area contributed by atoms with Crippen LogP contribution in [0.25, 0.3) is 11.3 Å². The molecule has 20 heavy (non-hydrogen) atoms. The van der Waals surface area contributed by atoms with E-state index < -0.39 is 0 Å². The molecule has 1 unspecified atom stereocenters. The Labute approximate surface area is 122 Å². The van der Waals surface area contributed by atoms with Gasteiger partial charge in [0.2, 0.25) is 0 Å². The Morgan fingerprint density at radius 3 is 2.90 bits per heavy atom. The van der Waals surface area contributed by atoms with Crippen LogP contribution in [0.2, 0.25) is 5.02 Å². The van der Waals surface area contributed by atoms with E-state index in [1.54, 1.807) is 4.68 Å². The van der Waals surface area contributed by atoms with Gasteiger partial charge in [-0.2, -0.15) is 5.10 Å². The lowest BCUT2D eigenvalue weighted by Gasteiger charge is -2.24. The van der Waals surface area contributed by atoms with E-state index in [4.69, 9.17) is 16.3 Å². The zero-order chi connectivity index (χ0) is 13.9. The van der Waals surface area contributed by atoms with E-state index in [1.807, 2.05) is 30.3 Å². The molecule has 0 saturated carbocycles. The summed E-state index contributed by atoms with van der Waals surface area (Å²) in [5.74, 6) is 0. The molecule has 2 heterocycles. The standard InChI is InChI=1S/C15H17ClN2O2/c16-13-6-2-1-5-12(13)14-9-11(10-19)18(17-14)15-7-3-4-8-20-15/h1-2,5-6,9,15,19H,3-4,7-8,10H2. The summed E-state index contributed by atoms with van der Waals surface area (Å²) in [7, 11) is 0. The van der Waals surface area contributed by atoms with Gasteiger partial charge in [-0.15, -0.1) is 0 Å². The molecule has 4 nitrogen and oxygen atoms in total. The molecule has 1 fully saturated rings. The van der Waals surface area contributed by atoms with E-state index in [-0.39, 0.29) is 12.8 Å². The summed E-state index contributed by atoms with van der Waals surface area (Å²) in [6, 6.07) is 9.46. The first-order chi connectivity index (χ1) is 9.79. The van der Waals surface area contributed by atoms with E-state index in [1.165, 1.54) is 0 Å². The monoisotopic (exact) mass is 292 g/mol. The van der Waals surface area contributed by atoms with Crippen molar-refractivity contribution < 1.29 is 9.84 Å². The molecule has 1 aliphatic heterocycles. The highest BCUT2D eigenvalue weighted by atomic mass is 35.5. The lowest BCUT2D eigenvalue weighted by Crippen LogP contribution is -2.21. The van der Waals surface area contributed by atoms with Crippen molar-refractivity contribution in [3.63, 3.8) is 0 Å². The summed E-state index contributed by atoms with van der Waals surface area (Å²) >= 11 is 6.21. The summed E-state index contributed by atoms with van der Waals surface area (Å²) in [6.07, 6.45) is 3.05. The second-order valence-corrected chi connectivity index (χ2v) is 5.33. The summed E-state index contributed by atoms with van der Waals surface area (Å²) in [6.45, 7) is 0.689. The van der Waals surface area contributed by atoms with Crippen LogP contribution in [-0.2, 0) is 11.3 Å². The van der Waals surface area contributed by atoms with Gasteiger partial charge in [-0.25, -0.2) is 4.68 Å². The van der Waals surface area contributed by atoms with Crippen molar-refractivity contribution >= 4 is 11.6 Å². The van der Waals surface area contributed by atoms with Gasteiger partial charge < -0.3 is 9.84 Å². The third kappa shape index (κ3) is 2.59. The van der Waals surface area contributed by atoms with Gasteiger partial charge in [-0.3, -0.25) is 0 Å². The van der Waals surface area contributed by atoms with Gasteiger partial charge in [0, 0.05) is 12.2 Å². The van der Waals surface area contributed by atoms with Crippen molar-refractivity contribution in [1.82, 2.24) is 9.78 Å². The smallest absolute Gasteiger partial charge is 0.150 e. The summed E-state index contributed by atoms with van der Waals surface area (Å²) < 4.78 is 7.53. The van der Waals surface area contributed by atoms with Crippen molar-refractivity contribution in [1.29, 1.82) is 0 Å². The van der Waals surface area contributed by atoms with E-state index in [2.05, 4.69) is 5.10 Å². The molecule has 106 valence electrons. The van der Waals surface area contributed by atoms with Crippen LogP contribution in [0, 0.1) is 0 Å². The quantitative estimate of drug-likeness (QED) is 0.943. The maximum atomic E-state index is 9.53. The molecular formula is C15H17ClN2O2. The van der Waals surface area contributed by atoms with Crippen LogP contribution in [0.3, 0.4) is 0 Å². The third-order valence-electron chi connectivity index (χ3n) is 3.55. The highest BCUT2D eigenvalue weighted by molar-refractivity contribution is 6.33. The number of hydrogen-bond acceptors (Lipinski definition) is 3. The molecule has 1 saturated heterocycles. The fourth-order valence-electron chi connectivity index (χ4n) is 2.52. The normalized spacial score (nSPS) is 19.2. The highest BCUT2D eigenvalue weighted by Gasteiger charge is 2.21. The molecule has 1 aliphatic rings. The minimum Gasteiger partial charge on any atom is -0.390 e. The summed E-state index contributed by atoms with van der Waals surface area (Å²) in [5, 5.41) is 14.8. The highest BCUT2D eigenvalue weighted by Crippen LogP contribution is 2.30. The number of aliphatic hydroxyl groups excluding tert-OH is 1. The Kier molecular flexibility index (Phi) is 4.05. The Morgan fingerprint density at radius 2 is 2.20 bits per heavy atom. The second kappa shape index (κ2) is 5.95. The molecule has 2 aromatic rings. The predicted molar refractivity (Wildman–Crippen MR) is 77.4 cm³/mol. The average Bonchev–Trinajstić information content (AvgIpc) is 2.92. The SMILES string of the molecule is OCc1cc(-c2ccccc2Cl)nn1C1CCCCO1. The molecule has 0 spiro atoms.